The maximum Gasteiger partial charge on any atom is 0.336 e. The number of nitriles is 1. The Kier molecular flexibility index (Phi) is 2.93. The molecule has 1 aromatic rings. The largest absolute Gasteiger partial charge is 0.478 e. The number of nitrogens with zero attached hydrogens (tertiary/aromatic N) is 1. The lowest BCUT2D eigenvalue weighted by Gasteiger charge is -2.26. The van der Waals surface area contributed by atoms with Crippen LogP contribution in [0, 0.1) is 11.3 Å². The molecule has 1 saturated carbocycles. The van der Waals surface area contributed by atoms with Crippen LogP contribution >= 0.6 is 0 Å². The highest BCUT2D eigenvalue weighted by molar-refractivity contribution is 6.17. The van der Waals surface area contributed by atoms with E-state index in [2.05, 4.69) is 7.85 Å². The van der Waals surface area contributed by atoms with Gasteiger partial charge in [-0.2, -0.15) is 5.26 Å². The maximum atomic E-state index is 11.3. The van der Waals surface area contributed by atoms with Gasteiger partial charge in [0, 0.05) is 0 Å². The molecule has 0 atom stereocenters. The first-order valence-electron chi connectivity index (χ1n) is 5.85. The second-order valence-electron chi connectivity index (χ2n) is 4.95. The first-order valence-corrected chi connectivity index (χ1v) is 5.85. The Bertz CT molecular complexity index is 499. The molecule has 1 N–H and O–H groups in total. The van der Waals surface area contributed by atoms with Crippen LogP contribution in [-0.2, 0) is 5.31 Å². The topological polar surface area (TPSA) is 61.1 Å². The van der Waals surface area contributed by atoms with Crippen molar-refractivity contribution in [2.75, 3.05) is 0 Å². The van der Waals surface area contributed by atoms with E-state index in [1.54, 1.807) is 6.07 Å². The number of hydrogen-bond donors (Lipinski definition) is 1. The predicted octanol–water partition coefficient (Wildman–Crippen LogP) is 1.66. The number of benzene rings is 1. The molecule has 0 spiro atoms. The highest BCUT2D eigenvalue weighted by Crippen LogP contribution is 2.39. The molecule has 0 heterocycles. The summed E-state index contributed by atoms with van der Waals surface area (Å²) in [6, 6.07) is 7.00. The van der Waals surface area contributed by atoms with Crippen molar-refractivity contribution >= 4 is 13.8 Å². The molecule has 1 aromatic carbocycles. The summed E-state index contributed by atoms with van der Waals surface area (Å²) in [5, 5.41) is 18.0. The van der Waals surface area contributed by atoms with Gasteiger partial charge in [0.15, 0.2) is 0 Å². The molecule has 0 amide bonds. The average molecular weight is 227 g/mol. The molecule has 3 nitrogen and oxygen atoms in total. The first kappa shape index (κ1) is 11.7. The number of carboxylic acids is 1. The van der Waals surface area contributed by atoms with Crippen molar-refractivity contribution in [2.45, 2.75) is 31.0 Å². The third-order valence-electron chi connectivity index (χ3n) is 3.74. The molecule has 1 aliphatic carbocycles. The van der Waals surface area contributed by atoms with Gasteiger partial charge in [0.1, 0.15) is 7.85 Å². The smallest absolute Gasteiger partial charge is 0.336 e. The van der Waals surface area contributed by atoms with Crippen molar-refractivity contribution < 1.29 is 9.90 Å². The van der Waals surface area contributed by atoms with Crippen molar-refractivity contribution in [2.24, 2.45) is 0 Å². The lowest BCUT2D eigenvalue weighted by Crippen LogP contribution is -2.25. The molecule has 1 fully saturated rings. The van der Waals surface area contributed by atoms with Crippen molar-refractivity contribution in [3.8, 4) is 6.07 Å². The third kappa shape index (κ3) is 2.05. The zero-order chi connectivity index (χ0) is 12.5. The van der Waals surface area contributed by atoms with E-state index in [0.717, 1.165) is 31.2 Å². The molecule has 0 aromatic heterocycles. The first-order chi connectivity index (χ1) is 8.07. The van der Waals surface area contributed by atoms with Gasteiger partial charge in [-0.3, -0.25) is 0 Å². The van der Waals surface area contributed by atoms with Gasteiger partial charge < -0.3 is 5.11 Å². The van der Waals surface area contributed by atoms with Crippen LogP contribution in [0.15, 0.2) is 18.2 Å². The molecule has 17 heavy (non-hydrogen) atoms. The third-order valence-corrected chi connectivity index (χ3v) is 3.74. The van der Waals surface area contributed by atoms with E-state index in [1.807, 2.05) is 12.1 Å². The summed E-state index contributed by atoms with van der Waals surface area (Å²) >= 11 is 0. The summed E-state index contributed by atoms with van der Waals surface area (Å²) in [7, 11) is 2.12. The minimum absolute atomic E-state index is 0.0400. The highest BCUT2D eigenvalue weighted by Gasteiger charge is 2.33. The van der Waals surface area contributed by atoms with Gasteiger partial charge in [0.25, 0.3) is 0 Å². The van der Waals surface area contributed by atoms with E-state index >= 15 is 0 Å². The Morgan fingerprint density at radius 2 is 2.06 bits per heavy atom. The normalized spacial score (nSPS) is 17.6. The summed E-state index contributed by atoms with van der Waals surface area (Å²) in [6.45, 7) is 0. The predicted molar refractivity (Wildman–Crippen MR) is 66.8 cm³/mol. The van der Waals surface area contributed by atoms with Crippen molar-refractivity contribution in [3.05, 3.63) is 34.9 Å². The monoisotopic (exact) mass is 227 g/mol. The van der Waals surface area contributed by atoms with Crippen molar-refractivity contribution in [1.82, 2.24) is 0 Å². The summed E-state index contributed by atoms with van der Waals surface area (Å²) in [5.74, 6) is -0.940. The summed E-state index contributed by atoms with van der Waals surface area (Å²) in [6.07, 6.45) is 4.35. The molecule has 0 bridgehead atoms. The van der Waals surface area contributed by atoms with Crippen LogP contribution in [0.1, 0.15) is 47.2 Å². The lowest BCUT2D eigenvalue weighted by atomic mass is 9.62. The fourth-order valence-corrected chi connectivity index (χ4v) is 2.74. The summed E-state index contributed by atoms with van der Waals surface area (Å²) in [4.78, 5) is 11.3. The SMILES string of the molecule is BC1(c2ccc(C#N)cc2C(=O)O)CCCC1. The molecule has 2 rings (SSSR count). The number of carbonyl (C=O) groups is 1. The van der Waals surface area contributed by atoms with Crippen LogP contribution in [0.4, 0.5) is 0 Å². The van der Waals surface area contributed by atoms with Gasteiger partial charge in [-0.15, -0.1) is 0 Å². The molecule has 0 radical (unpaired) electrons. The minimum atomic E-state index is -0.940. The fraction of sp³-hybridized carbons (Fsp3) is 0.385. The van der Waals surface area contributed by atoms with E-state index in [4.69, 9.17) is 5.26 Å². The molecule has 4 heteroatoms. The van der Waals surface area contributed by atoms with Gasteiger partial charge >= 0.3 is 5.97 Å². The number of hydrogen-bond acceptors (Lipinski definition) is 2. The Labute approximate surface area is 101 Å². The molecule has 0 aliphatic heterocycles. The zero-order valence-electron chi connectivity index (χ0n) is 9.86. The van der Waals surface area contributed by atoms with Crippen LogP contribution in [0.3, 0.4) is 0 Å². The number of carboxylic acid groups (broad SMARTS) is 1. The number of rotatable bonds is 2. The second kappa shape index (κ2) is 4.25. The maximum absolute atomic E-state index is 11.3. The molecular formula is C13H14BNO2. The van der Waals surface area contributed by atoms with Gasteiger partial charge in [-0.1, -0.05) is 31.7 Å². The average Bonchev–Trinajstić information content (AvgIpc) is 2.76. The van der Waals surface area contributed by atoms with Crippen LogP contribution in [0.25, 0.3) is 0 Å². The molecule has 1 aliphatic rings. The minimum Gasteiger partial charge on any atom is -0.478 e. The van der Waals surface area contributed by atoms with E-state index in [-0.39, 0.29) is 10.9 Å². The van der Waals surface area contributed by atoms with E-state index in [9.17, 15) is 9.90 Å². The Balaban J connectivity index is 2.54. The molecular weight excluding hydrogens is 213 g/mol. The Morgan fingerprint density at radius 3 is 2.59 bits per heavy atom. The van der Waals surface area contributed by atoms with Gasteiger partial charge in [0.05, 0.1) is 17.2 Å². The van der Waals surface area contributed by atoms with Crippen molar-refractivity contribution in [1.29, 1.82) is 5.26 Å². The molecule has 86 valence electrons. The highest BCUT2D eigenvalue weighted by atomic mass is 16.4. The summed E-state index contributed by atoms with van der Waals surface area (Å²) < 4.78 is 0. The Morgan fingerprint density at radius 1 is 1.41 bits per heavy atom. The summed E-state index contributed by atoms with van der Waals surface area (Å²) in [5.41, 5.74) is 1.57. The standard InChI is InChI=1S/C13H14BNO2/c14-13(5-1-2-6-13)11-4-3-9(8-15)7-10(11)12(16)17/h3-4,7H,1-2,5-6,14H2,(H,16,17). The van der Waals surface area contributed by atoms with Crippen LogP contribution < -0.4 is 0 Å². The van der Waals surface area contributed by atoms with E-state index in [0.29, 0.717) is 5.56 Å². The van der Waals surface area contributed by atoms with Gasteiger partial charge in [-0.25, -0.2) is 4.79 Å². The van der Waals surface area contributed by atoms with Gasteiger partial charge in [-0.05, 0) is 23.0 Å². The lowest BCUT2D eigenvalue weighted by molar-refractivity contribution is 0.0694. The van der Waals surface area contributed by atoms with Crippen LogP contribution in [0.2, 0.25) is 0 Å². The van der Waals surface area contributed by atoms with Crippen molar-refractivity contribution in [3.63, 3.8) is 0 Å². The Hall–Kier alpha value is -1.76. The number of aromatic carboxylic acids is 1. The van der Waals surface area contributed by atoms with Crippen LogP contribution in [-0.4, -0.2) is 18.9 Å². The quantitative estimate of drug-likeness (QED) is 0.781. The van der Waals surface area contributed by atoms with Crippen LogP contribution in [0.5, 0.6) is 0 Å². The van der Waals surface area contributed by atoms with Gasteiger partial charge in [0.2, 0.25) is 0 Å². The second-order valence-corrected chi connectivity index (χ2v) is 4.95. The molecule has 0 unspecified atom stereocenters. The van der Waals surface area contributed by atoms with E-state index < -0.39 is 5.97 Å². The van der Waals surface area contributed by atoms with E-state index in [1.165, 1.54) is 6.07 Å². The fourth-order valence-electron chi connectivity index (χ4n) is 2.74. The zero-order valence-corrected chi connectivity index (χ0v) is 9.86. The molecule has 0 saturated heterocycles.